The van der Waals surface area contributed by atoms with Crippen LogP contribution in [0.25, 0.3) is 0 Å². The van der Waals surface area contributed by atoms with Crippen molar-refractivity contribution >= 4 is 0 Å². The van der Waals surface area contributed by atoms with Gasteiger partial charge in [0.1, 0.15) is 6.54 Å². The van der Waals surface area contributed by atoms with Crippen LogP contribution in [0.4, 0.5) is 0 Å². The molecular weight excluding hydrogens is 254 g/mol. The second-order valence-electron chi connectivity index (χ2n) is 4.93. The van der Waals surface area contributed by atoms with Gasteiger partial charge in [-0.1, -0.05) is 13.8 Å². The maximum atomic E-state index is 5.54. The van der Waals surface area contributed by atoms with E-state index in [0.717, 1.165) is 37.3 Å². The Kier molecular flexibility index (Phi) is 4.89. The number of nitrogens with one attached hydrogen (secondary N) is 1. The normalized spacial score (nSPS) is 11.2. The zero-order valence-corrected chi connectivity index (χ0v) is 12.7. The van der Waals surface area contributed by atoms with Gasteiger partial charge in [-0.2, -0.15) is 5.10 Å². The summed E-state index contributed by atoms with van der Waals surface area (Å²) in [5.74, 6) is 1.28. The SMILES string of the molecule is CCCNCc1c(C)nn(Cc2nnc(CC)o2)c1C. The van der Waals surface area contributed by atoms with Crippen LogP contribution in [0.5, 0.6) is 0 Å². The lowest BCUT2D eigenvalue weighted by atomic mass is 10.2. The van der Waals surface area contributed by atoms with Crippen LogP contribution in [0, 0.1) is 13.8 Å². The Bertz CT molecular complexity index is 558. The Morgan fingerprint density at radius 1 is 1.15 bits per heavy atom. The summed E-state index contributed by atoms with van der Waals surface area (Å²) in [6.07, 6.45) is 1.89. The highest BCUT2D eigenvalue weighted by Crippen LogP contribution is 2.14. The van der Waals surface area contributed by atoms with Gasteiger partial charge in [0.15, 0.2) is 0 Å². The standard InChI is InChI=1S/C14H23N5O/c1-5-7-15-8-12-10(3)18-19(11(12)4)9-14-17-16-13(6-2)20-14/h15H,5-9H2,1-4H3. The van der Waals surface area contributed by atoms with Crippen LogP contribution in [0.1, 0.15) is 49.0 Å². The summed E-state index contributed by atoms with van der Waals surface area (Å²) in [6.45, 7) is 10.7. The molecule has 0 amide bonds. The van der Waals surface area contributed by atoms with Crippen molar-refractivity contribution in [2.75, 3.05) is 6.54 Å². The van der Waals surface area contributed by atoms with Crippen LogP contribution in [0.3, 0.4) is 0 Å². The molecule has 0 bridgehead atoms. The Morgan fingerprint density at radius 2 is 1.90 bits per heavy atom. The van der Waals surface area contributed by atoms with Gasteiger partial charge >= 0.3 is 0 Å². The molecule has 6 nitrogen and oxygen atoms in total. The molecule has 0 aromatic carbocycles. The third-order valence-electron chi connectivity index (χ3n) is 3.36. The van der Waals surface area contributed by atoms with Crippen molar-refractivity contribution in [1.82, 2.24) is 25.3 Å². The predicted molar refractivity (Wildman–Crippen MR) is 76.5 cm³/mol. The molecule has 110 valence electrons. The van der Waals surface area contributed by atoms with Gasteiger partial charge in [0.2, 0.25) is 11.8 Å². The second-order valence-corrected chi connectivity index (χ2v) is 4.93. The van der Waals surface area contributed by atoms with Gasteiger partial charge in [0, 0.05) is 24.2 Å². The quantitative estimate of drug-likeness (QED) is 0.784. The molecule has 0 atom stereocenters. The minimum atomic E-state index is 0.535. The highest BCUT2D eigenvalue weighted by atomic mass is 16.4. The molecule has 0 fully saturated rings. The predicted octanol–water partition coefficient (Wildman–Crippen LogP) is 1.99. The zero-order chi connectivity index (χ0) is 14.5. The second kappa shape index (κ2) is 6.65. The summed E-state index contributed by atoms with van der Waals surface area (Å²) in [7, 11) is 0. The first-order chi connectivity index (χ1) is 9.65. The average Bonchev–Trinajstić information content (AvgIpc) is 2.99. The van der Waals surface area contributed by atoms with Gasteiger partial charge < -0.3 is 9.73 Å². The Balaban J connectivity index is 2.10. The molecule has 2 rings (SSSR count). The molecule has 0 radical (unpaired) electrons. The molecule has 0 aliphatic rings. The average molecular weight is 277 g/mol. The first-order valence-electron chi connectivity index (χ1n) is 7.20. The van der Waals surface area contributed by atoms with Crippen LogP contribution in [-0.2, 0) is 19.5 Å². The lowest BCUT2D eigenvalue weighted by molar-refractivity contribution is 0.430. The first-order valence-corrected chi connectivity index (χ1v) is 7.20. The van der Waals surface area contributed by atoms with Gasteiger partial charge in [-0.25, -0.2) is 0 Å². The number of aryl methyl sites for hydroxylation is 2. The van der Waals surface area contributed by atoms with Crippen molar-refractivity contribution in [3.8, 4) is 0 Å². The number of nitrogens with zero attached hydrogens (tertiary/aromatic N) is 4. The Hall–Kier alpha value is -1.69. The fraction of sp³-hybridized carbons (Fsp3) is 0.643. The summed E-state index contributed by atoms with van der Waals surface area (Å²) in [6, 6.07) is 0. The number of hydrogen-bond acceptors (Lipinski definition) is 5. The molecule has 2 aromatic rings. The fourth-order valence-corrected chi connectivity index (χ4v) is 2.16. The lowest BCUT2D eigenvalue weighted by Gasteiger charge is -2.04. The van der Waals surface area contributed by atoms with Gasteiger partial charge in [-0.15, -0.1) is 10.2 Å². The van der Waals surface area contributed by atoms with Crippen molar-refractivity contribution in [2.45, 2.75) is 53.6 Å². The van der Waals surface area contributed by atoms with E-state index in [-0.39, 0.29) is 0 Å². The molecule has 2 heterocycles. The van der Waals surface area contributed by atoms with E-state index in [0.29, 0.717) is 18.3 Å². The molecular formula is C14H23N5O. The molecule has 0 saturated carbocycles. The van der Waals surface area contributed by atoms with Crippen LogP contribution in [-0.4, -0.2) is 26.5 Å². The molecule has 20 heavy (non-hydrogen) atoms. The van der Waals surface area contributed by atoms with Crippen molar-refractivity contribution in [1.29, 1.82) is 0 Å². The summed E-state index contributed by atoms with van der Waals surface area (Å²) in [4.78, 5) is 0. The minimum Gasteiger partial charge on any atom is -0.423 e. The van der Waals surface area contributed by atoms with Crippen molar-refractivity contribution in [3.63, 3.8) is 0 Å². The Morgan fingerprint density at radius 3 is 2.55 bits per heavy atom. The van der Waals surface area contributed by atoms with Crippen LogP contribution >= 0.6 is 0 Å². The molecule has 0 aliphatic heterocycles. The van der Waals surface area contributed by atoms with E-state index >= 15 is 0 Å². The number of hydrogen-bond donors (Lipinski definition) is 1. The van der Waals surface area contributed by atoms with Crippen molar-refractivity contribution in [2.24, 2.45) is 0 Å². The van der Waals surface area contributed by atoms with Crippen molar-refractivity contribution in [3.05, 3.63) is 28.7 Å². The highest BCUT2D eigenvalue weighted by molar-refractivity contribution is 5.24. The van der Waals surface area contributed by atoms with E-state index in [4.69, 9.17) is 4.42 Å². The molecule has 1 N–H and O–H groups in total. The zero-order valence-electron chi connectivity index (χ0n) is 12.7. The number of rotatable bonds is 7. The van der Waals surface area contributed by atoms with E-state index in [1.54, 1.807) is 0 Å². The van der Waals surface area contributed by atoms with Crippen LogP contribution in [0.15, 0.2) is 4.42 Å². The summed E-state index contributed by atoms with van der Waals surface area (Å²) >= 11 is 0. The number of aromatic nitrogens is 4. The molecule has 6 heteroatoms. The summed E-state index contributed by atoms with van der Waals surface area (Å²) in [5.41, 5.74) is 3.47. The summed E-state index contributed by atoms with van der Waals surface area (Å²) < 4.78 is 7.48. The molecule has 0 unspecified atom stereocenters. The van der Waals surface area contributed by atoms with Gasteiger partial charge in [-0.05, 0) is 26.8 Å². The third-order valence-corrected chi connectivity index (χ3v) is 3.36. The molecule has 0 spiro atoms. The van der Waals surface area contributed by atoms with Crippen molar-refractivity contribution < 1.29 is 4.42 Å². The first kappa shape index (κ1) is 14.7. The highest BCUT2D eigenvalue weighted by Gasteiger charge is 2.13. The largest absolute Gasteiger partial charge is 0.423 e. The monoisotopic (exact) mass is 277 g/mol. The van der Waals surface area contributed by atoms with E-state index in [1.165, 1.54) is 5.56 Å². The van der Waals surface area contributed by atoms with E-state index in [9.17, 15) is 0 Å². The topological polar surface area (TPSA) is 68.8 Å². The van der Waals surface area contributed by atoms with E-state index in [1.807, 2.05) is 18.5 Å². The maximum Gasteiger partial charge on any atom is 0.237 e. The van der Waals surface area contributed by atoms with Gasteiger partial charge in [0.05, 0.1) is 5.69 Å². The van der Waals surface area contributed by atoms with E-state index in [2.05, 4.69) is 34.5 Å². The molecule has 0 aliphatic carbocycles. The van der Waals surface area contributed by atoms with Gasteiger partial charge in [-0.3, -0.25) is 4.68 Å². The smallest absolute Gasteiger partial charge is 0.237 e. The summed E-state index contributed by atoms with van der Waals surface area (Å²) in [5, 5.41) is 16.0. The minimum absolute atomic E-state index is 0.535. The fourth-order valence-electron chi connectivity index (χ4n) is 2.16. The van der Waals surface area contributed by atoms with Gasteiger partial charge in [0.25, 0.3) is 0 Å². The third kappa shape index (κ3) is 3.25. The van der Waals surface area contributed by atoms with Crippen LogP contribution in [0.2, 0.25) is 0 Å². The van der Waals surface area contributed by atoms with E-state index < -0.39 is 0 Å². The lowest BCUT2D eigenvalue weighted by Crippen LogP contribution is -2.15. The molecule has 0 saturated heterocycles. The van der Waals surface area contributed by atoms with Crippen LogP contribution < -0.4 is 5.32 Å². The maximum absolute atomic E-state index is 5.54. The Labute approximate surface area is 119 Å². The molecule has 2 aromatic heterocycles.